The van der Waals surface area contributed by atoms with E-state index in [-0.39, 0.29) is 51.5 Å². The van der Waals surface area contributed by atoms with Gasteiger partial charge in [-0.05, 0) is 42.6 Å². The summed E-state index contributed by atoms with van der Waals surface area (Å²) in [5.41, 5.74) is -1.05. The van der Waals surface area contributed by atoms with E-state index < -0.39 is 108 Å². The number of alkyl halides is 1. The van der Waals surface area contributed by atoms with Gasteiger partial charge in [0.15, 0.2) is 48.9 Å². The molecule has 5 aromatic rings. The zero-order chi connectivity index (χ0) is 48.2. The number of anilines is 2. The maximum absolute atomic E-state index is 16.1. The first-order valence-electron chi connectivity index (χ1n) is 21.7. The van der Waals surface area contributed by atoms with E-state index in [0.29, 0.717) is 12.0 Å². The average molecular weight is 966 g/mol. The van der Waals surface area contributed by atoms with E-state index in [1.54, 1.807) is 48.7 Å². The fraction of sp³-hybridized carbons (Fsp3) is 0.548. The highest BCUT2D eigenvalue weighted by atomic mass is 31.2. The van der Waals surface area contributed by atoms with Gasteiger partial charge >= 0.3 is 7.82 Å². The Hall–Kier alpha value is -5.35. The number of ether oxygens (including phenoxy) is 1. The lowest BCUT2D eigenvalue weighted by Gasteiger charge is -2.43. The molecular formula is C42H53FN11O11PSi. The molecule has 2 saturated carbocycles. The van der Waals surface area contributed by atoms with Crippen molar-refractivity contribution in [3.63, 3.8) is 0 Å². The van der Waals surface area contributed by atoms with Crippen molar-refractivity contribution in [1.82, 2.24) is 39.0 Å². The highest BCUT2D eigenvalue weighted by Gasteiger charge is 2.74. The first kappa shape index (κ1) is 48.1. The third-order valence-corrected chi connectivity index (χ3v) is 19.1. The van der Waals surface area contributed by atoms with Gasteiger partial charge in [0.1, 0.15) is 24.6 Å². The van der Waals surface area contributed by atoms with Gasteiger partial charge in [0, 0.05) is 16.9 Å². The monoisotopic (exact) mass is 965 g/mol. The van der Waals surface area contributed by atoms with Gasteiger partial charge in [0.25, 0.3) is 11.5 Å². The summed E-state index contributed by atoms with van der Waals surface area (Å²) in [7, 11) is -7.60. The van der Waals surface area contributed by atoms with Crippen LogP contribution in [0.2, 0.25) is 18.1 Å². The number of H-pyrrole nitrogens is 1. The van der Waals surface area contributed by atoms with Crippen LogP contribution in [0, 0.1) is 28.6 Å². The van der Waals surface area contributed by atoms with Crippen molar-refractivity contribution in [2.24, 2.45) is 17.3 Å². The number of phosphoric acid groups is 1. The molecule has 25 heteroatoms. The molecule has 5 N–H and O–H groups in total. The van der Waals surface area contributed by atoms with Gasteiger partial charge in [0.2, 0.25) is 11.9 Å². The second kappa shape index (κ2) is 18.3. The second-order valence-electron chi connectivity index (χ2n) is 18.8. The maximum atomic E-state index is 16.1. The molecule has 0 radical (unpaired) electrons. The Morgan fingerprint density at radius 2 is 1.81 bits per heavy atom. The first-order chi connectivity index (χ1) is 31.7. The van der Waals surface area contributed by atoms with Crippen molar-refractivity contribution in [1.29, 1.82) is 5.26 Å². The third kappa shape index (κ3) is 9.07. The summed E-state index contributed by atoms with van der Waals surface area (Å²) < 4.78 is 65.1. The summed E-state index contributed by atoms with van der Waals surface area (Å²) in [6.07, 6.45) is -5.19. The van der Waals surface area contributed by atoms with Crippen molar-refractivity contribution >= 4 is 62.0 Å². The Bertz CT molecular complexity index is 2820. The van der Waals surface area contributed by atoms with E-state index >= 15 is 4.39 Å². The van der Waals surface area contributed by atoms with Crippen LogP contribution < -0.4 is 16.2 Å². The minimum Gasteiger partial charge on any atom is -0.409 e. The largest absolute Gasteiger partial charge is 0.475 e. The molecule has 0 spiro atoms. The zero-order valence-corrected chi connectivity index (χ0v) is 39.7. The van der Waals surface area contributed by atoms with Crippen LogP contribution in [-0.4, -0.2) is 120 Å². The Morgan fingerprint density at radius 3 is 2.49 bits per heavy atom. The first-order valence-corrected chi connectivity index (χ1v) is 26.1. The number of carbonyl (C=O) groups is 2. The number of nitrogens with one attached hydrogen (secondary N) is 3. The summed E-state index contributed by atoms with van der Waals surface area (Å²) in [5, 5.41) is 36.7. The molecule has 8 rings (SSSR count). The molecule has 5 heterocycles. The van der Waals surface area contributed by atoms with Crippen molar-refractivity contribution in [3.05, 3.63) is 65.2 Å². The number of aromatic amines is 1. The molecule has 10 atom stereocenters. The molecule has 0 bridgehead atoms. The van der Waals surface area contributed by atoms with Crippen LogP contribution in [0.4, 0.5) is 16.2 Å². The standard InChI is InChI=1S/C42H53FN11O11PSi/c1-22(2)36(57)51-40-50-35-28(38(59)52-40)48-20-53(35)29-24-16-42(24,18-55)32(31(29)65-67(6,7)41(3,4)5)64-66(60,61-15-11-14-44)62-17-25-30(56)26(43)39(63-25)54-21-47-27-33(45-19-46-34(27)54)49-37(58)23-12-9-8-10-13-23/h8-10,12-13,19-22,24-26,29-32,39,55-56H,11,15-18H2,1-7H3,(H,45,46,49,58)(H2,50,51,52,57,59)/t24-,25-,26-,29-,30-,31+,32+,39-,42-,66?/m1/s1. The van der Waals surface area contributed by atoms with Gasteiger partial charge < -0.3 is 29.3 Å². The van der Waals surface area contributed by atoms with E-state index in [1.807, 2.05) is 39.9 Å². The molecule has 4 aromatic heterocycles. The summed E-state index contributed by atoms with van der Waals surface area (Å²) in [4.78, 5) is 63.0. The summed E-state index contributed by atoms with van der Waals surface area (Å²) in [6.45, 7) is 11.9. The summed E-state index contributed by atoms with van der Waals surface area (Å²) in [5.74, 6) is -1.73. The van der Waals surface area contributed by atoms with Gasteiger partial charge in [-0.25, -0.2) is 28.9 Å². The van der Waals surface area contributed by atoms with Crippen LogP contribution in [0.15, 0.2) is 54.1 Å². The number of nitriles is 1. The Morgan fingerprint density at radius 1 is 1.09 bits per heavy atom. The minimum atomic E-state index is -4.83. The molecule has 1 unspecified atom stereocenters. The van der Waals surface area contributed by atoms with E-state index in [0.717, 1.165) is 6.33 Å². The normalized spacial score (nSPS) is 27.0. The SMILES string of the molecule is CC(C)C(=O)Nc1nc2c(ncn2[C@H]2[C@H](O[Si](C)(C)C(C)(C)C)[C@H](OP(=O)(OCCC#N)OC[C@H]3O[C@@H](n4cnc5c(NC(=O)c6ccccc6)ncnc54)[C@H](F)[C@@H]3O)[C@@]3(CO)C[C@H]23)c(=O)[nH]1. The van der Waals surface area contributed by atoms with E-state index in [2.05, 4.69) is 40.5 Å². The molecule has 67 heavy (non-hydrogen) atoms. The zero-order valence-electron chi connectivity index (χ0n) is 37.8. The Balaban J connectivity index is 1.08. The molecule has 1 aromatic carbocycles. The predicted octanol–water partition coefficient (Wildman–Crippen LogP) is 4.79. The molecule has 2 aliphatic carbocycles. The van der Waals surface area contributed by atoms with Crippen LogP contribution >= 0.6 is 7.82 Å². The number of halogens is 1. The average Bonchev–Trinajstić information content (AvgIpc) is 3.51. The fourth-order valence-corrected chi connectivity index (χ4v) is 11.1. The van der Waals surface area contributed by atoms with E-state index in [1.165, 1.54) is 17.2 Å². The number of fused-ring (bicyclic) bond motifs is 3. The third-order valence-electron chi connectivity index (χ3n) is 13.1. The number of imidazole rings is 2. The van der Waals surface area contributed by atoms with Gasteiger partial charge in [-0.2, -0.15) is 10.2 Å². The van der Waals surface area contributed by atoms with E-state index in [4.69, 9.17) is 22.7 Å². The van der Waals surface area contributed by atoms with Crippen molar-refractivity contribution in [3.8, 4) is 6.07 Å². The number of phosphoric ester groups is 1. The van der Waals surface area contributed by atoms with Crippen molar-refractivity contribution < 1.29 is 51.5 Å². The van der Waals surface area contributed by atoms with Crippen LogP contribution in [0.3, 0.4) is 0 Å². The number of nitrogens with zero attached hydrogens (tertiary/aromatic N) is 8. The molecule has 3 aliphatic rings. The van der Waals surface area contributed by atoms with Gasteiger partial charge in [0.05, 0.1) is 57.1 Å². The van der Waals surface area contributed by atoms with Gasteiger partial charge in [-0.15, -0.1) is 0 Å². The highest BCUT2D eigenvalue weighted by molar-refractivity contribution is 7.48. The number of amides is 2. The number of rotatable bonds is 17. The molecule has 358 valence electrons. The molecule has 2 amide bonds. The Kier molecular flexibility index (Phi) is 13.1. The molecule has 22 nitrogen and oxygen atoms in total. The smallest absolute Gasteiger partial charge is 0.409 e. The summed E-state index contributed by atoms with van der Waals surface area (Å²) >= 11 is 0. The van der Waals surface area contributed by atoms with Crippen LogP contribution in [0.1, 0.15) is 70.1 Å². The number of benzene rings is 1. The Labute approximate surface area is 384 Å². The number of aliphatic hydroxyl groups excluding tert-OH is 2. The van der Waals surface area contributed by atoms with Crippen LogP contribution in [0.25, 0.3) is 22.3 Å². The quantitative estimate of drug-likeness (QED) is 0.0476. The molecular weight excluding hydrogens is 913 g/mol. The summed E-state index contributed by atoms with van der Waals surface area (Å²) in [6, 6.07) is 9.60. The van der Waals surface area contributed by atoms with Crippen LogP contribution in [-0.2, 0) is 32.1 Å². The van der Waals surface area contributed by atoms with Crippen molar-refractivity contribution in [2.75, 3.05) is 30.5 Å². The lowest BCUT2D eigenvalue weighted by molar-refractivity contribution is -0.118. The molecule has 3 fully saturated rings. The minimum absolute atomic E-state index is 0.0203. The number of hydrogen-bond donors (Lipinski definition) is 5. The molecule has 1 aliphatic heterocycles. The topological polar surface area (TPSA) is 293 Å². The van der Waals surface area contributed by atoms with Gasteiger partial charge in [-0.3, -0.25) is 42.8 Å². The van der Waals surface area contributed by atoms with Crippen molar-refractivity contribution in [2.45, 2.75) is 108 Å². The maximum Gasteiger partial charge on any atom is 0.475 e. The highest BCUT2D eigenvalue weighted by Crippen LogP contribution is 2.72. The number of aliphatic hydroxyl groups is 2. The lowest BCUT2D eigenvalue weighted by atomic mass is 10.0. The van der Waals surface area contributed by atoms with Crippen LogP contribution in [0.5, 0.6) is 0 Å². The number of aromatic nitrogens is 8. The number of hydrogen-bond acceptors (Lipinski definition) is 17. The van der Waals surface area contributed by atoms with Gasteiger partial charge in [-0.1, -0.05) is 52.8 Å². The predicted molar refractivity (Wildman–Crippen MR) is 239 cm³/mol. The lowest BCUT2D eigenvalue weighted by Crippen LogP contribution is -2.50. The number of carbonyl (C=O) groups excluding carboxylic acids is 2. The second-order valence-corrected chi connectivity index (χ2v) is 25.2. The van der Waals surface area contributed by atoms with E-state index in [9.17, 15) is 34.4 Å². The molecule has 1 saturated heterocycles. The fourth-order valence-electron chi connectivity index (χ4n) is 8.34.